The predicted molar refractivity (Wildman–Crippen MR) is 108 cm³/mol. The van der Waals surface area contributed by atoms with Gasteiger partial charge in [0.15, 0.2) is 5.65 Å². The molecule has 2 aromatic heterocycles. The maximum Gasteiger partial charge on any atom is 0.164 e. The molecule has 1 aliphatic carbocycles. The zero-order valence-corrected chi connectivity index (χ0v) is 16.3. The van der Waals surface area contributed by atoms with Crippen LogP contribution in [0.1, 0.15) is 37.9 Å². The summed E-state index contributed by atoms with van der Waals surface area (Å²) in [4.78, 5) is 21.5. The second-order valence-electron chi connectivity index (χ2n) is 8.39. The Kier molecular flexibility index (Phi) is 4.70. The van der Waals surface area contributed by atoms with Crippen molar-refractivity contribution < 1.29 is 0 Å². The van der Waals surface area contributed by atoms with Crippen LogP contribution in [0.25, 0.3) is 11.0 Å². The molecule has 0 bridgehead atoms. The average Bonchev–Trinajstić information content (AvgIpc) is 2.68. The van der Waals surface area contributed by atoms with E-state index in [0.29, 0.717) is 6.04 Å². The number of hydrogen-bond acceptors (Lipinski definition) is 6. The van der Waals surface area contributed by atoms with Gasteiger partial charge in [0.25, 0.3) is 0 Å². The van der Waals surface area contributed by atoms with E-state index >= 15 is 0 Å². The number of anilines is 1. The van der Waals surface area contributed by atoms with Crippen molar-refractivity contribution in [3.05, 3.63) is 24.2 Å². The standard InChI is InChI=1S/C21H30N6/c1-16-23-20-19(8-5-9-22-20)21(24-16)27-14-18(15-27)26-12-10-25(11-13-26)17-6-3-2-4-7-17/h5,8-9,17-18H,2-4,6-7,10-15H2,1H3. The van der Waals surface area contributed by atoms with Crippen molar-refractivity contribution in [1.82, 2.24) is 24.8 Å². The number of fused-ring (bicyclic) bond motifs is 1. The van der Waals surface area contributed by atoms with Gasteiger partial charge in [-0.15, -0.1) is 0 Å². The Balaban J connectivity index is 1.20. The topological polar surface area (TPSA) is 48.4 Å². The summed E-state index contributed by atoms with van der Waals surface area (Å²) in [7, 11) is 0. The molecule has 2 aromatic rings. The molecule has 3 fully saturated rings. The molecule has 0 N–H and O–H groups in total. The quantitative estimate of drug-likeness (QED) is 0.832. The molecule has 4 heterocycles. The van der Waals surface area contributed by atoms with Gasteiger partial charge in [-0.05, 0) is 31.9 Å². The summed E-state index contributed by atoms with van der Waals surface area (Å²) in [6.07, 6.45) is 8.97. The summed E-state index contributed by atoms with van der Waals surface area (Å²) in [5.41, 5.74) is 0.810. The largest absolute Gasteiger partial charge is 0.353 e. The van der Waals surface area contributed by atoms with E-state index in [9.17, 15) is 0 Å². The number of aryl methyl sites for hydroxylation is 1. The second-order valence-corrected chi connectivity index (χ2v) is 8.39. The van der Waals surface area contributed by atoms with Gasteiger partial charge in [0.2, 0.25) is 0 Å². The van der Waals surface area contributed by atoms with Crippen molar-refractivity contribution in [2.24, 2.45) is 0 Å². The van der Waals surface area contributed by atoms with Gasteiger partial charge in [-0.3, -0.25) is 9.80 Å². The lowest BCUT2D eigenvalue weighted by Crippen LogP contribution is -2.64. The summed E-state index contributed by atoms with van der Waals surface area (Å²) >= 11 is 0. The molecule has 0 amide bonds. The molecule has 6 heteroatoms. The number of hydrogen-bond donors (Lipinski definition) is 0. The average molecular weight is 367 g/mol. The molecule has 0 unspecified atom stereocenters. The van der Waals surface area contributed by atoms with E-state index in [1.165, 1.54) is 58.3 Å². The zero-order valence-electron chi connectivity index (χ0n) is 16.3. The Labute approximate surface area is 161 Å². The first-order valence-electron chi connectivity index (χ1n) is 10.6. The van der Waals surface area contributed by atoms with E-state index in [4.69, 9.17) is 4.98 Å². The Morgan fingerprint density at radius 3 is 2.33 bits per heavy atom. The van der Waals surface area contributed by atoms with Gasteiger partial charge in [0, 0.05) is 57.5 Å². The predicted octanol–water partition coefficient (Wildman–Crippen LogP) is 2.47. The smallest absolute Gasteiger partial charge is 0.164 e. The second kappa shape index (κ2) is 7.32. The van der Waals surface area contributed by atoms with Crippen LogP contribution in [0, 0.1) is 6.92 Å². The van der Waals surface area contributed by atoms with Gasteiger partial charge in [-0.25, -0.2) is 15.0 Å². The van der Waals surface area contributed by atoms with Crippen LogP contribution in [0.2, 0.25) is 0 Å². The minimum atomic E-state index is 0.667. The van der Waals surface area contributed by atoms with Crippen LogP contribution in [0.5, 0.6) is 0 Å². The van der Waals surface area contributed by atoms with Crippen LogP contribution in [0.15, 0.2) is 18.3 Å². The zero-order chi connectivity index (χ0) is 18.2. The lowest BCUT2D eigenvalue weighted by atomic mass is 9.93. The molecule has 0 atom stereocenters. The third kappa shape index (κ3) is 3.41. The van der Waals surface area contributed by atoms with E-state index in [1.54, 1.807) is 0 Å². The van der Waals surface area contributed by atoms with Crippen LogP contribution in [0.4, 0.5) is 5.82 Å². The normalized spacial score (nSPS) is 23.7. The minimum Gasteiger partial charge on any atom is -0.353 e. The lowest BCUT2D eigenvalue weighted by Gasteiger charge is -2.50. The molecule has 2 saturated heterocycles. The highest BCUT2D eigenvalue weighted by Crippen LogP contribution is 2.29. The molecule has 0 aromatic carbocycles. The highest BCUT2D eigenvalue weighted by atomic mass is 15.4. The van der Waals surface area contributed by atoms with E-state index in [0.717, 1.165) is 41.8 Å². The summed E-state index contributed by atoms with van der Waals surface area (Å²) < 4.78 is 0. The van der Waals surface area contributed by atoms with Gasteiger partial charge >= 0.3 is 0 Å². The molecule has 0 radical (unpaired) electrons. The fourth-order valence-electron chi connectivity index (χ4n) is 5.07. The summed E-state index contributed by atoms with van der Waals surface area (Å²) in [6, 6.07) is 5.60. The molecule has 6 nitrogen and oxygen atoms in total. The molecule has 144 valence electrons. The first kappa shape index (κ1) is 17.3. The van der Waals surface area contributed by atoms with Crippen molar-refractivity contribution in [1.29, 1.82) is 0 Å². The Bertz CT molecular complexity index is 788. The third-order valence-corrected chi connectivity index (χ3v) is 6.68. The van der Waals surface area contributed by atoms with Crippen molar-refractivity contribution in [3.8, 4) is 0 Å². The highest BCUT2D eigenvalue weighted by Gasteiger charge is 2.36. The number of aromatic nitrogens is 3. The Morgan fingerprint density at radius 1 is 0.889 bits per heavy atom. The van der Waals surface area contributed by atoms with Crippen LogP contribution in [0.3, 0.4) is 0 Å². The van der Waals surface area contributed by atoms with E-state index in [1.807, 2.05) is 19.2 Å². The lowest BCUT2D eigenvalue weighted by molar-refractivity contribution is 0.0487. The van der Waals surface area contributed by atoms with Crippen LogP contribution >= 0.6 is 0 Å². The fourth-order valence-corrected chi connectivity index (χ4v) is 5.07. The van der Waals surface area contributed by atoms with Crippen molar-refractivity contribution in [2.45, 2.75) is 51.1 Å². The maximum atomic E-state index is 4.72. The monoisotopic (exact) mass is 366 g/mol. The third-order valence-electron chi connectivity index (χ3n) is 6.68. The number of nitrogens with zero attached hydrogens (tertiary/aromatic N) is 6. The summed E-state index contributed by atoms with van der Waals surface area (Å²) in [6.45, 7) is 9.05. The molecular formula is C21H30N6. The molecule has 27 heavy (non-hydrogen) atoms. The van der Waals surface area contributed by atoms with E-state index in [-0.39, 0.29) is 0 Å². The summed E-state index contributed by atoms with van der Waals surface area (Å²) in [5.74, 6) is 1.86. The van der Waals surface area contributed by atoms with Gasteiger partial charge in [-0.1, -0.05) is 19.3 Å². The van der Waals surface area contributed by atoms with E-state index < -0.39 is 0 Å². The highest BCUT2D eigenvalue weighted by molar-refractivity contribution is 5.87. The van der Waals surface area contributed by atoms with Gasteiger partial charge in [0.1, 0.15) is 11.6 Å². The van der Waals surface area contributed by atoms with Crippen LogP contribution < -0.4 is 4.90 Å². The molecule has 1 saturated carbocycles. The number of rotatable bonds is 3. The molecule has 0 spiro atoms. The van der Waals surface area contributed by atoms with Crippen molar-refractivity contribution >= 4 is 16.9 Å². The number of pyridine rings is 1. The minimum absolute atomic E-state index is 0.667. The Morgan fingerprint density at radius 2 is 1.59 bits per heavy atom. The van der Waals surface area contributed by atoms with Gasteiger partial charge < -0.3 is 4.90 Å². The first-order valence-corrected chi connectivity index (χ1v) is 10.6. The fraction of sp³-hybridized carbons (Fsp3) is 0.667. The first-order chi connectivity index (χ1) is 13.3. The van der Waals surface area contributed by atoms with Gasteiger partial charge in [0.05, 0.1) is 5.39 Å². The summed E-state index contributed by atoms with van der Waals surface area (Å²) in [5, 5.41) is 1.07. The molecule has 5 rings (SSSR count). The van der Waals surface area contributed by atoms with Crippen LogP contribution in [-0.2, 0) is 0 Å². The SMILES string of the molecule is Cc1nc(N2CC(N3CCN(C4CCCCC4)CC3)C2)c2cccnc2n1. The van der Waals surface area contributed by atoms with Crippen LogP contribution in [-0.4, -0.2) is 76.1 Å². The molecular weight excluding hydrogens is 336 g/mol. The van der Waals surface area contributed by atoms with Crippen molar-refractivity contribution in [2.75, 3.05) is 44.2 Å². The molecule has 2 aliphatic heterocycles. The van der Waals surface area contributed by atoms with Crippen molar-refractivity contribution in [3.63, 3.8) is 0 Å². The van der Waals surface area contributed by atoms with Gasteiger partial charge in [-0.2, -0.15) is 0 Å². The number of piperazine rings is 1. The van der Waals surface area contributed by atoms with E-state index in [2.05, 4.69) is 30.7 Å². The maximum absolute atomic E-state index is 4.72. The molecule has 3 aliphatic rings. The Hall–Kier alpha value is -1.79.